The van der Waals surface area contributed by atoms with E-state index >= 15 is 0 Å². The number of benzene rings is 1. The first-order valence-electron chi connectivity index (χ1n) is 5.03. The van der Waals surface area contributed by atoms with Gasteiger partial charge in [0.2, 0.25) is 6.79 Å². The summed E-state index contributed by atoms with van der Waals surface area (Å²) in [4.78, 5) is 11.1. The third-order valence-corrected chi connectivity index (χ3v) is 3.08. The highest BCUT2D eigenvalue weighted by atomic mass is 79.9. The van der Waals surface area contributed by atoms with Gasteiger partial charge in [-0.3, -0.25) is 4.79 Å². The van der Waals surface area contributed by atoms with Crippen molar-refractivity contribution in [2.75, 3.05) is 13.9 Å². The summed E-state index contributed by atoms with van der Waals surface area (Å²) in [5.74, 6) is 0.958. The van der Waals surface area contributed by atoms with Crippen molar-refractivity contribution in [1.29, 1.82) is 0 Å². The molecule has 0 bridgehead atoms. The van der Waals surface area contributed by atoms with Crippen LogP contribution in [0.3, 0.4) is 0 Å². The number of rotatable bonds is 3. The van der Waals surface area contributed by atoms with Crippen LogP contribution in [0.2, 0.25) is 0 Å². The molecule has 0 fully saturated rings. The maximum Gasteiger partial charge on any atom is 0.307 e. The Morgan fingerprint density at radius 2 is 2.35 bits per heavy atom. The van der Waals surface area contributed by atoms with E-state index < -0.39 is 6.04 Å². The van der Waals surface area contributed by atoms with Crippen molar-refractivity contribution in [1.82, 2.24) is 0 Å². The van der Waals surface area contributed by atoms with Gasteiger partial charge < -0.3 is 19.9 Å². The van der Waals surface area contributed by atoms with Gasteiger partial charge in [0.1, 0.15) is 0 Å². The summed E-state index contributed by atoms with van der Waals surface area (Å²) >= 11 is 3.37. The second-order valence-electron chi connectivity index (χ2n) is 3.62. The van der Waals surface area contributed by atoms with Gasteiger partial charge in [0.05, 0.1) is 18.0 Å². The number of fused-ring (bicyclic) bond motifs is 1. The summed E-state index contributed by atoms with van der Waals surface area (Å²) in [5.41, 5.74) is 6.71. The van der Waals surface area contributed by atoms with Gasteiger partial charge in [-0.05, 0) is 33.6 Å². The van der Waals surface area contributed by atoms with Crippen LogP contribution in [0.25, 0.3) is 0 Å². The zero-order valence-electron chi connectivity index (χ0n) is 9.23. The maximum atomic E-state index is 11.1. The molecule has 2 N–H and O–H groups in total. The number of carbonyl (C=O) groups excluding carboxylic acids is 1. The smallest absolute Gasteiger partial charge is 0.307 e. The van der Waals surface area contributed by atoms with Crippen LogP contribution in [-0.2, 0) is 9.53 Å². The Hall–Kier alpha value is -1.27. The van der Waals surface area contributed by atoms with Crippen molar-refractivity contribution >= 4 is 21.9 Å². The van der Waals surface area contributed by atoms with Crippen molar-refractivity contribution in [3.05, 3.63) is 22.2 Å². The molecule has 1 heterocycles. The average Bonchev–Trinajstić information content (AvgIpc) is 2.77. The second kappa shape index (κ2) is 4.93. The molecule has 1 aliphatic heterocycles. The SMILES string of the molecule is COC(=O)C[C@@H](N)c1cc(Br)c2c(c1)OCO2. The number of nitrogens with two attached hydrogens (primary N) is 1. The highest BCUT2D eigenvalue weighted by Gasteiger charge is 2.21. The van der Waals surface area contributed by atoms with Crippen molar-refractivity contribution in [3.63, 3.8) is 0 Å². The summed E-state index contributed by atoms with van der Waals surface area (Å²) in [6, 6.07) is 3.18. The summed E-state index contributed by atoms with van der Waals surface area (Å²) < 4.78 is 15.9. The summed E-state index contributed by atoms with van der Waals surface area (Å²) in [6.45, 7) is 0.198. The van der Waals surface area contributed by atoms with E-state index in [1.54, 1.807) is 6.07 Å². The van der Waals surface area contributed by atoms with E-state index in [0.717, 1.165) is 10.0 Å². The molecule has 1 aliphatic rings. The first-order valence-corrected chi connectivity index (χ1v) is 5.82. The lowest BCUT2D eigenvalue weighted by Gasteiger charge is -2.12. The van der Waals surface area contributed by atoms with Crippen LogP contribution in [0, 0.1) is 0 Å². The molecule has 6 heteroatoms. The fourth-order valence-electron chi connectivity index (χ4n) is 1.58. The number of hydrogen-bond acceptors (Lipinski definition) is 5. The third kappa shape index (κ3) is 2.53. The molecule has 0 amide bonds. The molecule has 0 spiro atoms. The summed E-state index contributed by atoms with van der Waals surface area (Å²) in [7, 11) is 1.34. The van der Waals surface area contributed by atoms with Crippen molar-refractivity contribution in [2.45, 2.75) is 12.5 Å². The minimum absolute atomic E-state index is 0.128. The van der Waals surface area contributed by atoms with Crippen LogP contribution < -0.4 is 15.2 Å². The van der Waals surface area contributed by atoms with Gasteiger partial charge in [-0.1, -0.05) is 0 Å². The summed E-state index contributed by atoms with van der Waals surface area (Å²) in [5, 5.41) is 0. The number of carbonyl (C=O) groups is 1. The van der Waals surface area contributed by atoms with E-state index in [-0.39, 0.29) is 19.2 Å². The molecule has 1 atom stereocenters. The predicted molar refractivity (Wildman–Crippen MR) is 63.8 cm³/mol. The van der Waals surface area contributed by atoms with E-state index in [1.165, 1.54) is 7.11 Å². The Bertz CT molecular complexity index is 449. The minimum Gasteiger partial charge on any atom is -0.469 e. The molecule has 1 aromatic carbocycles. The molecular formula is C11H12BrNO4. The highest BCUT2D eigenvalue weighted by molar-refractivity contribution is 9.10. The monoisotopic (exact) mass is 301 g/mol. The molecule has 5 nitrogen and oxygen atoms in total. The van der Waals surface area contributed by atoms with Crippen molar-refractivity contribution < 1.29 is 19.0 Å². The zero-order valence-corrected chi connectivity index (χ0v) is 10.8. The van der Waals surface area contributed by atoms with Gasteiger partial charge in [-0.2, -0.15) is 0 Å². The number of halogens is 1. The number of hydrogen-bond donors (Lipinski definition) is 1. The molecule has 2 rings (SSSR count). The van der Waals surface area contributed by atoms with Crippen molar-refractivity contribution in [2.24, 2.45) is 5.73 Å². The Morgan fingerprint density at radius 1 is 1.59 bits per heavy atom. The lowest BCUT2D eigenvalue weighted by atomic mass is 10.0. The quantitative estimate of drug-likeness (QED) is 0.861. The van der Waals surface area contributed by atoms with E-state index in [0.29, 0.717) is 11.5 Å². The van der Waals surface area contributed by atoms with E-state index in [9.17, 15) is 4.79 Å². The van der Waals surface area contributed by atoms with Crippen LogP contribution in [0.4, 0.5) is 0 Å². The lowest BCUT2D eigenvalue weighted by Crippen LogP contribution is -2.16. The molecule has 92 valence electrons. The van der Waals surface area contributed by atoms with E-state index in [1.807, 2.05) is 6.07 Å². The maximum absolute atomic E-state index is 11.1. The predicted octanol–water partition coefficient (Wildman–Crippen LogP) is 1.74. The molecule has 0 radical (unpaired) electrons. The molecule has 0 unspecified atom stereocenters. The van der Waals surface area contributed by atoms with E-state index in [2.05, 4.69) is 20.7 Å². The molecule has 0 aromatic heterocycles. The van der Waals surface area contributed by atoms with Crippen LogP contribution >= 0.6 is 15.9 Å². The largest absolute Gasteiger partial charge is 0.469 e. The first kappa shape index (κ1) is 12.2. The Morgan fingerprint density at radius 3 is 3.06 bits per heavy atom. The van der Waals surface area contributed by atoms with Crippen LogP contribution in [0.5, 0.6) is 11.5 Å². The lowest BCUT2D eigenvalue weighted by molar-refractivity contribution is -0.141. The van der Waals surface area contributed by atoms with Crippen LogP contribution in [0.15, 0.2) is 16.6 Å². The minimum atomic E-state index is -0.423. The summed E-state index contributed by atoms with van der Waals surface area (Å²) in [6.07, 6.45) is 0.128. The Balaban J connectivity index is 2.22. The Labute approximate surface area is 107 Å². The number of esters is 1. The van der Waals surface area contributed by atoms with Gasteiger partial charge in [0.15, 0.2) is 11.5 Å². The van der Waals surface area contributed by atoms with Gasteiger partial charge in [0, 0.05) is 6.04 Å². The second-order valence-corrected chi connectivity index (χ2v) is 4.48. The Kier molecular flexibility index (Phi) is 3.54. The van der Waals surface area contributed by atoms with Crippen LogP contribution in [0.1, 0.15) is 18.0 Å². The first-order chi connectivity index (χ1) is 8.11. The normalized spacial score (nSPS) is 14.5. The average molecular weight is 302 g/mol. The molecular weight excluding hydrogens is 290 g/mol. The molecule has 0 aliphatic carbocycles. The van der Waals surface area contributed by atoms with Crippen LogP contribution in [-0.4, -0.2) is 19.9 Å². The fourth-order valence-corrected chi connectivity index (χ4v) is 2.16. The molecule has 0 saturated heterocycles. The van der Waals surface area contributed by atoms with Gasteiger partial charge in [-0.25, -0.2) is 0 Å². The molecule has 0 saturated carbocycles. The number of methoxy groups -OCH3 is 1. The molecule has 1 aromatic rings. The van der Waals surface area contributed by atoms with Gasteiger partial charge in [0.25, 0.3) is 0 Å². The zero-order chi connectivity index (χ0) is 12.4. The van der Waals surface area contributed by atoms with E-state index in [4.69, 9.17) is 15.2 Å². The topological polar surface area (TPSA) is 70.8 Å². The van der Waals surface area contributed by atoms with Crippen molar-refractivity contribution in [3.8, 4) is 11.5 Å². The number of ether oxygens (including phenoxy) is 3. The third-order valence-electron chi connectivity index (χ3n) is 2.49. The standard InChI is InChI=1S/C11H12BrNO4/c1-15-10(14)4-8(13)6-2-7(12)11-9(3-6)16-5-17-11/h2-3,8H,4-5,13H2,1H3/t8-/m1/s1. The van der Waals surface area contributed by atoms with Gasteiger partial charge in [-0.15, -0.1) is 0 Å². The highest BCUT2D eigenvalue weighted by Crippen LogP contribution is 2.41. The fraction of sp³-hybridized carbons (Fsp3) is 0.364. The van der Waals surface area contributed by atoms with Gasteiger partial charge >= 0.3 is 5.97 Å². The molecule has 17 heavy (non-hydrogen) atoms.